The van der Waals surface area contributed by atoms with Gasteiger partial charge in [-0.25, -0.2) is 9.20 Å². The van der Waals surface area contributed by atoms with Crippen molar-refractivity contribution in [1.82, 2.24) is 28.5 Å². The van der Waals surface area contributed by atoms with E-state index in [0.29, 0.717) is 0 Å². The van der Waals surface area contributed by atoms with Crippen molar-refractivity contribution in [2.24, 2.45) is 14.1 Å². The second kappa shape index (κ2) is 5.58. The largest absolute Gasteiger partial charge is 0.394 e. The molecule has 0 saturated heterocycles. The van der Waals surface area contributed by atoms with Gasteiger partial charge in [-0.2, -0.15) is 15.0 Å². The molecule has 0 bridgehead atoms. The summed E-state index contributed by atoms with van der Waals surface area (Å²) < 4.78 is 3.48. The number of nitrogens with two attached hydrogens (primary N) is 1. The summed E-state index contributed by atoms with van der Waals surface area (Å²) >= 11 is 0. The molecule has 0 aliphatic rings. The second-order valence-electron chi connectivity index (χ2n) is 5.25. The van der Waals surface area contributed by atoms with Crippen molar-refractivity contribution >= 4 is 28.8 Å². The molecule has 3 heterocycles. The van der Waals surface area contributed by atoms with Crippen LogP contribution in [0.1, 0.15) is 0 Å². The molecule has 5 N–H and O–H groups in total. The maximum absolute atomic E-state index is 12.5. The number of fused-ring (bicyclic) bond motifs is 3. The molecule has 1 unspecified atom stereocenters. The third-order valence-corrected chi connectivity index (χ3v) is 3.59. The third kappa shape index (κ3) is 2.28. The Kier molecular flexibility index (Phi) is 3.69. The van der Waals surface area contributed by atoms with Crippen LogP contribution < -0.4 is 22.3 Å². The first-order valence-corrected chi connectivity index (χ1v) is 6.99. The summed E-state index contributed by atoms with van der Waals surface area (Å²) in [5.74, 6) is 0.0978. The lowest BCUT2D eigenvalue weighted by atomic mass is 10.4. The fraction of sp³-hybridized carbons (Fsp3) is 0.417. The number of rotatable bonds is 4. The average Bonchev–Trinajstić information content (AvgIpc) is 2.94. The van der Waals surface area contributed by atoms with E-state index in [1.165, 1.54) is 23.1 Å². The van der Waals surface area contributed by atoms with Gasteiger partial charge >= 0.3 is 5.69 Å². The van der Waals surface area contributed by atoms with Crippen molar-refractivity contribution in [3.05, 3.63) is 20.8 Å². The van der Waals surface area contributed by atoms with Gasteiger partial charge in [-0.05, 0) is 0 Å². The normalized spacial score (nSPS) is 12.8. The van der Waals surface area contributed by atoms with Crippen LogP contribution >= 0.6 is 0 Å². The number of nitrogen functional groups attached to an aromatic ring is 1. The molecule has 3 rings (SSSR count). The van der Waals surface area contributed by atoms with E-state index in [4.69, 9.17) is 10.8 Å². The number of aliphatic hydroxyl groups is 2. The predicted molar refractivity (Wildman–Crippen MR) is 84.8 cm³/mol. The molecule has 3 aromatic rings. The van der Waals surface area contributed by atoms with Crippen molar-refractivity contribution in [3.8, 4) is 0 Å². The van der Waals surface area contributed by atoms with Gasteiger partial charge in [-0.1, -0.05) is 0 Å². The number of nitrogens with one attached hydrogen (secondary N) is 1. The SMILES string of the molecule is Cn1c(=O)c2c(nc3nc(N)nc(NCC(O)CO)n32)n(C)c1=O. The van der Waals surface area contributed by atoms with Crippen molar-refractivity contribution < 1.29 is 10.2 Å². The molecule has 0 spiro atoms. The molecule has 0 radical (unpaired) electrons. The van der Waals surface area contributed by atoms with Crippen LogP contribution in [-0.4, -0.2) is 58.0 Å². The van der Waals surface area contributed by atoms with Crippen molar-refractivity contribution in [3.63, 3.8) is 0 Å². The summed E-state index contributed by atoms with van der Waals surface area (Å²) in [7, 11) is 2.83. The summed E-state index contributed by atoms with van der Waals surface area (Å²) in [5, 5.41) is 21.2. The molecule has 24 heavy (non-hydrogen) atoms. The lowest BCUT2D eigenvalue weighted by Gasteiger charge is -2.11. The lowest BCUT2D eigenvalue weighted by Crippen LogP contribution is -2.37. The Bertz CT molecular complexity index is 1050. The highest BCUT2D eigenvalue weighted by atomic mass is 16.3. The zero-order chi connectivity index (χ0) is 17.6. The summed E-state index contributed by atoms with van der Waals surface area (Å²) in [6.45, 7) is -0.481. The molecule has 0 fully saturated rings. The topological polar surface area (TPSA) is 166 Å². The summed E-state index contributed by atoms with van der Waals surface area (Å²) in [4.78, 5) is 36.7. The Morgan fingerprint density at radius 3 is 2.58 bits per heavy atom. The van der Waals surface area contributed by atoms with E-state index in [1.54, 1.807) is 0 Å². The number of imidazole rings is 1. The highest BCUT2D eigenvalue weighted by Gasteiger charge is 2.19. The number of hydrogen-bond acceptors (Lipinski definition) is 9. The quantitative estimate of drug-likeness (QED) is 0.389. The number of aryl methyl sites for hydroxylation is 1. The van der Waals surface area contributed by atoms with Gasteiger partial charge in [0.2, 0.25) is 17.7 Å². The van der Waals surface area contributed by atoms with E-state index in [1.807, 2.05) is 0 Å². The van der Waals surface area contributed by atoms with Gasteiger partial charge in [-0.15, -0.1) is 0 Å². The molecule has 128 valence electrons. The fourth-order valence-electron chi connectivity index (χ4n) is 2.34. The van der Waals surface area contributed by atoms with Crippen LogP contribution in [0, 0.1) is 0 Å². The molecule has 0 aromatic carbocycles. The van der Waals surface area contributed by atoms with Crippen LogP contribution in [0.3, 0.4) is 0 Å². The molecule has 0 aliphatic carbocycles. The summed E-state index contributed by atoms with van der Waals surface area (Å²) in [5.41, 5.74) is 4.77. The number of nitrogens with zero attached hydrogens (tertiary/aromatic N) is 6. The van der Waals surface area contributed by atoms with Crippen LogP contribution in [-0.2, 0) is 14.1 Å². The number of anilines is 2. The molecule has 0 aliphatic heterocycles. The standard InChI is InChI=1S/C12H16N8O4/c1-18-7-6(8(23)19(2)12(18)24)20-10(14-3-5(22)4-21)16-9(13)17-11(20)15-7/h5,21-22H,3-4H2,1-2H3,(H3,13,14,15,16,17). The van der Waals surface area contributed by atoms with E-state index in [2.05, 4.69) is 20.3 Å². The molecule has 12 heteroatoms. The Hall–Kier alpha value is -2.99. The Labute approximate surface area is 133 Å². The zero-order valence-corrected chi connectivity index (χ0v) is 13.0. The van der Waals surface area contributed by atoms with E-state index < -0.39 is 24.0 Å². The van der Waals surface area contributed by atoms with Crippen LogP contribution in [0.5, 0.6) is 0 Å². The van der Waals surface area contributed by atoms with Gasteiger partial charge < -0.3 is 21.3 Å². The zero-order valence-electron chi connectivity index (χ0n) is 13.0. The molecule has 12 nitrogen and oxygen atoms in total. The van der Waals surface area contributed by atoms with Gasteiger partial charge in [0.25, 0.3) is 5.56 Å². The maximum Gasteiger partial charge on any atom is 0.332 e. The molecule has 1 atom stereocenters. The van der Waals surface area contributed by atoms with E-state index >= 15 is 0 Å². The van der Waals surface area contributed by atoms with Gasteiger partial charge in [0.15, 0.2) is 11.2 Å². The minimum atomic E-state index is -1.03. The Morgan fingerprint density at radius 1 is 1.21 bits per heavy atom. The Balaban J connectivity index is 2.37. The van der Waals surface area contributed by atoms with Crippen LogP contribution in [0.25, 0.3) is 16.9 Å². The van der Waals surface area contributed by atoms with Crippen LogP contribution in [0.4, 0.5) is 11.9 Å². The first-order valence-electron chi connectivity index (χ1n) is 6.99. The number of hydrogen-bond donors (Lipinski definition) is 4. The minimum absolute atomic E-state index is 0.0339. The van der Waals surface area contributed by atoms with Gasteiger partial charge in [-0.3, -0.25) is 13.9 Å². The first kappa shape index (κ1) is 15.9. The van der Waals surface area contributed by atoms with Gasteiger partial charge in [0.05, 0.1) is 12.7 Å². The molecule has 3 aromatic heterocycles. The van der Waals surface area contributed by atoms with Crippen molar-refractivity contribution in [2.75, 3.05) is 24.2 Å². The van der Waals surface area contributed by atoms with Crippen LogP contribution in [0.15, 0.2) is 9.59 Å². The predicted octanol–water partition coefficient (Wildman–Crippen LogP) is -2.98. The fourth-order valence-corrected chi connectivity index (χ4v) is 2.34. The van der Waals surface area contributed by atoms with Crippen LogP contribution in [0.2, 0.25) is 0 Å². The smallest absolute Gasteiger partial charge is 0.332 e. The first-order chi connectivity index (χ1) is 11.3. The molecular weight excluding hydrogens is 320 g/mol. The number of aliphatic hydroxyl groups excluding tert-OH is 2. The molecule has 0 saturated carbocycles. The average molecular weight is 336 g/mol. The minimum Gasteiger partial charge on any atom is -0.394 e. The molecular formula is C12H16N8O4. The lowest BCUT2D eigenvalue weighted by molar-refractivity contribution is 0.105. The second-order valence-corrected chi connectivity index (χ2v) is 5.25. The van der Waals surface area contributed by atoms with E-state index in [0.717, 1.165) is 4.57 Å². The highest BCUT2D eigenvalue weighted by molar-refractivity contribution is 5.77. The monoisotopic (exact) mass is 336 g/mol. The molecule has 0 amide bonds. The maximum atomic E-state index is 12.5. The Morgan fingerprint density at radius 2 is 1.92 bits per heavy atom. The summed E-state index contributed by atoms with van der Waals surface area (Å²) in [6, 6.07) is 0. The summed E-state index contributed by atoms with van der Waals surface area (Å²) in [6.07, 6.45) is -1.03. The van der Waals surface area contributed by atoms with Gasteiger partial charge in [0.1, 0.15) is 0 Å². The van der Waals surface area contributed by atoms with Crippen molar-refractivity contribution in [1.29, 1.82) is 0 Å². The highest BCUT2D eigenvalue weighted by Crippen LogP contribution is 2.16. The number of aromatic nitrogens is 6. The van der Waals surface area contributed by atoms with Crippen molar-refractivity contribution in [2.45, 2.75) is 6.10 Å². The van der Waals surface area contributed by atoms with Gasteiger partial charge in [0, 0.05) is 20.6 Å². The van der Waals surface area contributed by atoms with E-state index in [-0.39, 0.29) is 35.4 Å². The third-order valence-electron chi connectivity index (χ3n) is 3.59. The van der Waals surface area contributed by atoms with E-state index in [9.17, 15) is 14.7 Å².